The number of hydrogen-bond donors (Lipinski definition) is 1. The van der Waals surface area contributed by atoms with E-state index in [4.69, 9.17) is 9.47 Å². The van der Waals surface area contributed by atoms with Crippen LogP contribution in [0, 0.1) is 0 Å². The van der Waals surface area contributed by atoms with Crippen molar-refractivity contribution in [2.45, 2.75) is 64.5 Å². The summed E-state index contributed by atoms with van der Waals surface area (Å²) in [6, 6.07) is 4.72. The Morgan fingerprint density at radius 1 is 1.14 bits per heavy atom. The van der Waals surface area contributed by atoms with Crippen LogP contribution in [-0.2, 0) is 6.54 Å². The smallest absolute Gasteiger partial charge is 0.165 e. The predicted octanol–water partition coefficient (Wildman–Crippen LogP) is 5.06. The van der Waals surface area contributed by atoms with E-state index in [1.165, 1.54) is 44.9 Å². The first-order chi connectivity index (χ1) is 10.7. The van der Waals surface area contributed by atoms with Crippen molar-refractivity contribution in [3.05, 3.63) is 22.2 Å². The fourth-order valence-electron chi connectivity index (χ4n) is 3.13. The van der Waals surface area contributed by atoms with Crippen LogP contribution < -0.4 is 14.8 Å². The summed E-state index contributed by atoms with van der Waals surface area (Å²) in [5.74, 6) is 1.66. The van der Waals surface area contributed by atoms with E-state index in [0.29, 0.717) is 12.6 Å². The van der Waals surface area contributed by atoms with Crippen LogP contribution in [0.4, 0.5) is 0 Å². The molecular formula is C18H28BrNO2. The average Bonchev–Trinajstić information content (AvgIpc) is 2.48. The van der Waals surface area contributed by atoms with E-state index < -0.39 is 0 Å². The quantitative estimate of drug-likeness (QED) is 0.759. The Kier molecular flexibility index (Phi) is 7.53. The van der Waals surface area contributed by atoms with Gasteiger partial charge in [-0.15, -0.1) is 0 Å². The third-order valence-electron chi connectivity index (χ3n) is 4.29. The molecule has 0 amide bonds. The first-order valence-corrected chi connectivity index (χ1v) is 9.26. The van der Waals surface area contributed by atoms with Crippen molar-refractivity contribution in [1.82, 2.24) is 5.32 Å². The van der Waals surface area contributed by atoms with Gasteiger partial charge in [-0.1, -0.05) is 48.0 Å². The Hall–Kier alpha value is -0.740. The highest BCUT2D eigenvalue weighted by Crippen LogP contribution is 2.35. The molecule has 0 aromatic heterocycles. The lowest BCUT2D eigenvalue weighted by Crippen LogP contribution is -2.29. The fourth-order valence-corrected chi connectivity index (χ4v) is 3.61. The number of hydrogen-bond acceptors (Lipinski definition) is 3. The topological polar surface area (TPSA) is 30.5 Å². The van der Waals surface area contributed by atoms with Gasteiger partial charge in [0.05, 0.1) is 13.7 Å². The van der Waals surface area contributed by atoms with Crippen LogP contribution in [0.5, 0.6) is 11.5 Å². The molecule has 3 nitrogen and oxygen atoms in total. The Morgan fingerprint density at radius 2 is 1.82 bits per heavy atom. The molecule has 1 aromatic carbocycles. The lowest BCUT2D eigenvalue weighted by molar-refractivity contribution is 0.304. The van der Waals surface area contributed by atoms with Gasteiger partial charge >= 0.3 is 0 Å². The molecule has 2 rings (SSSR count). The summed E-state index contributed by atoms with van der Waals surface area (Å²) in [5, 5.41) is 3.73. The highest BCUT2D eigenvalue weighted by atomic mass is 79.9. The fraction of sp³-hybridized carbons (Fsp3) is 0.667. The molecule has 1 aromatic rings. The summed E-state index contributed by atoms with van der Waals surface area (Å²) in [4.78, 5) is 0. The number of rotatable bonds is 6. The molecule has 4 heteroatoms. The molecule has 0 bridgehead atoms. The zero-order valence-corrected chi connectivity index (χ0v) is 15.4. The minimum atomic E-state index is 0.625. The summed E-state index contributed by atoms with van der Waals surface area (Å²) < 4.78 is 12.3. The van der Waals surface area contributed by atoms with Crippen LogP contribution in [0.3, 0.4) is 0 Å². The number of ether oxygens (including phenoxy) is 2. The summed E-state index contributed by atoms with van der Waals surface area (Å²) in [5.41, 5.74) is 1.16. The van der Waals surface area contributed by atoms with Crippen LogP contribution in [-0.4, -0.2) is 19.8 Å². The third-order valence-corrected chi connectivity index (χ3v) is 4.75. The molecule has 1 aliphatic carbocycles. The Morgan fingerprint density at radius 3 is 2.45 bits per heavy atom. The number of nitrogens with one attached hydrogen (secondary N) is 1. The second kappa shape index (κ2) is 9.41. The molecule has 0 spiro atoms. The molecule has 1 N–H and O–H groups in total. The number of halogens is 1. The van der Waals surface area contributed by atoms with E-state index >= 15 is 0 Å². The minimum Gasteiger partial charge on any atom is -0.493 e. The van der Waals surface area contributed by atoms with E-state index in [1.807, 2.05) is 13.0 Å². The lowest BCUT2D eigenvalue weighted by Gasteiger charge is -2.22. The standard InChI is InChI=1S/C18H28BrNO2/c1-3-22-18-14(11-15(19)12-17(18)21-2)13-20-16-9-7-5-4-6-8-10-16/h11-12,16,20H,3-10,13H2,1-2H3. The van der Waals surface area contributed by atoms with Gasteiger partial charge in [0.25, 0.3) is 0 Å². The molecule has 0 radical (unpaired) electrons. The minimum absolute atomic E-state index is 0.625. The summed E-state index contributed by atoms with van der Waals surface area (Å²) >= 11 is 3.56. The van der Waals surface area contributed by atoms with Gasteiger partial charge in [-0.3, -0.25) is 0 Å². The van der Waals surface area contributed by atoms with E-state index in [2.05, 4.69) is 27.3 Å². The molecule has 0 saturated heterocycles. The van der Waals surface area contributed by atoms with E-state index in [1.54, 1.807) is 7.11 Å². The second-order valence-corrected chi connectivity index (χ2v) is 6.87. The molecule has 22 heavy (non-hydrogen) atoms. The zero-order chi connectivity index (χ0) is 15.8. The molecule has 1 saturated carbocycles. The molecular weight excluding hydrogens is 342 g/mol. The predicted molar refractivity (Wildman–Crippen MR) is 94.8 cm³/mol. The average molecular weight is 370 g/mol. The van der Waals surface area contributed by atoms with Crippen LogP contribution in [0.2, 0.25) is 0 Å². The van der Waals surface area contributed by atoms with Gasteiger partial charge in [-0.05, 0) is 31.9 Å². The maximum Gasteiger partial charge on any atom is 0.165 e. The molecule has 0 heterocycles. The van der Waals surface area contributed by atoms with Gasteiger partial charge in [0.1, 0.15) is 0 Å². The summed E-state index contributed by atoms with van der Waals surface area (Å²) in [6.45, 7) is 3.48. The first-order valence-electron chi connectivity index (χ1n) is 8.47. The monoisotopic (exact) mass is 369 g/mol. The van der Waals surface area contributed by atoms with E-state index in [9.17, 15) is 0 Å². The van der Waals surface area contributed by atoms with Crippen molar-refractivity contribution >= 4 is 15.9 Å². The van der Waals surface area contributed by atoms with Gasteiger partial charge < -0.3 is 14.8 Å². The molecule has 0 atom stereocenters. The van der Waals surface area contributed by atoms with Gasteiger partial charge in [0, 0.05) is 22.6 Å². The number of benzene rings is 1. The van der Waals surface area contributed by atoms with Crippen LogP contribution in [0.1, 0.15) is 57.4 Å². The van der Waals surface area contributed by atoms with Crippen LogP contribution >= 0.6 is 15.9 Å². The molecule has 124 valence electrons. The maximum atomic E-state index is 5.81. The second-order valence-electron chi connectivity index (χ2n) is 5.95. The molecule has 0 aliphatic heterocycles. The molecule has 1 fully saturated rings. The SMILES string of the molecule is CCOc1c(CNC2CCCCCCC2)cc(Br)cc1OC. The Balaban J connectivity index is 2.05. The van der Waals surface area contributed by atoms with Crippen LogP contribution in [0.15, 0.2) is 16.6 Å². The highest BCUT2D eigenvalue weighted by molar-refractivity contribution is 9.10. The van der Waals surface area contributed by atoms with Crippen molar-refractivity contribution in [2.75, 3.05) is 13.7 Å². The van der Waals surface area contributed by atoms with Gasteiger partial charge in [-0.2, -0.15) is 0 Å². The van der Waals surface area contributed by atoms with Crippen molar-refractivity contribution in [2.24, 2.45) is 0 Å². The highest BCUT2D eigenvalue weighted by Gasteiger charge is 2.15. The van der Waals surface area contributed by atoms with E-state index in [-0.39, 0.29) is 0 Å². The number of methoxy groups -OCH3 is 1. The van der Waals surface area contributed by atoms with Gasteiger partial charge in [0.15, 0.2) is 11.5 Å². The van der Waals surface area contributed by atoms with Gasteiger partial charge in [-0.25, -0.2) is 0 Å². The van der Waals surface area contributed by atoms with E-state index in [0.717, 1.165) is 28.1 Å². The summed E-state index contributed by atoms with van der Waals surface area (Å²) in [6.07, 6.45) is 9.43. The molecule has 1 aliphatic rings. The maximum absolute atomic E-state index is 5.81. The Bertz CT molecular complexity index is 457. The van der Waals surface area contributed by atoms with Crippen LogP contribution in [0.25, 0.3) is 0 Å². The normalized spacial score (nSPS) is 16.9. The lowest BCUT2D eigenvalue weighted by atomic mass is 9.96. The summed E-state index contributed by atoms with van der Waals surface area (Å²) in [7, 11) is 1.69. The first kappa shape index (κ1) is 17.6. The largest absolute Gasteiger partial charge is 0.493 e. The molecule has 0 unspecified atom stereocenters. The van der Waals surface area contributed by atoms with Gasteiger partial charge in [0.2, 0.25) is 0 Å². The zero-order valence-electron chi connectivity index (χ0n) is 13.8. The third kappa shape index (κ3) is 5.17. The van der Waals surface area contributed by atoms with Crippen molar-refractivity contribution in [1.29, 1.82) is 0 Å². The van der Waals surface area contributed by atoms with Crippen molar-refractivity contribution in [3.8, 4) is 11.5 Å². The van der Waals surface area contributed by atoms with Crippen molar-refractivity contribution in [3.63, 3.8) is 0 Å². The van der Waals surface area contributed by atoms with Crippen molar-refractivity contribution < 1.29 is 9.47 Å². The Labute approximate surface area is 142 Å².